The summed E-state index contributed by atoms with van der Waals surface area (Å²) in [5.74, 6) is 2.31. The third-order valence-electron chi connectivity index (χ3n) is 5.09. The van der Waals surface area contributed by atoms with Gasteiger partial charge in [0.15, 0.2) is 17.5 Å². The molecule has 0 unspecified atom stereocenters. The molecule has 1 fully saturated rings. The van der Waals surface area contributed by atoms with Crippen molar-refractivity contribution in [3.8, 4) is 11.5 Å². The van der Waals surface area contributed by atoms with Crippen LogP contribution in [0.15, 0.2) is 23.2 Å². The molecule has 0 atom stereocenters. The van der Waals surface area contributed by atoms with Crippen LogP contribution in [0.4, 0.5) is 0 Å². The fraction of sp³-hybridized carbons (Fsp3) is 0.650. The lowest BCUT2D eigenvalue weighted by molar-refractivity contribution is 0.0732. The average Bonchev–Trinajstić information content (AvgIpc) is 2.64. The van der Waals surface area contributed by atoms with Crippen molar-refractivity contribution in [3.05, 3.63) is 23.8 Å². The van der Waals surface area contributed by atoms with Crippen molar-refractivity contribution in [2.45, 2.75) is 39.2 Å². The Bertz CT molecular complexity index is 586. The van der Waals surface area contributed by atoms with Crippen LogP contribution in [0.1, 0.15) is 38.2 Å². The lowest BCUT2D eigenvalue weighted by atomic mass is 9.67. The van der Waals surface area contributed by atoms with Crippen molar-refractivity contribution in [1.82, 2.24) is 10.6 Å². The van der Waals surface area contributed by atoms with Gasteiger partial charge in [-0.05, 0) is 49.3 Å². The number of methoxy groups -OCH3 is 3. The molecule has 26 heavy (non-hydrogen) atoms. The van der Waals surface area contributed by atoms with E-state index < -0.39 is 0 Å². The Morgan fingerprint density at radius 3 is 2.46 bits per heavy atom. The van der Waals surface area contributed by atoms with Crippen LogP contribution in [0.25, 0.3) is 0 Å². The van der Waals surface area contributed by atoms with Crippen molar-refractivity contribution in [1.29, 1.82) is 0 Å². The topological polar surface area (TPSA) is 64.1 Å². The maximum absolute atomic E-state index is 5.37. The summed E-state index contributed by atoms with van der Waals surface area (Å²) in [5, 5.41) is 6.85. The van der Waals surface area contributed by atoms with Crippen molar-refractivity contribution in [2.24, 2.45) is 10.4 Å². The number of hydrogen-bond acceptors (Lipinski definition) is 4. The molecule has 6 heteroatoms. The van der Waals surface area contributed by atoms with Gasteiger partial charge in [-0.15, -0.1) is 0 Å². The van der Waals surface area contributed by atoms with Gasteiger partial charge in [0.2, 0.25) is 0 Å². The highest BCUT2D eigenvalue weighted by Gasteiger charge is 2.36. The Labute approximate surface area is 157 Å². The third kappa shape index (κ3) is 5.53. The molecule has 0 spiro atoms. The smallest absolute Gasteiger partial charge is 0.191 e. The Hall–Kier alpha value is -1.95. The van der Waals surface area contributed by atoms with Gasteiger partial charge in [-0.2, -0.15) is 0 Å². The summed E-state index contributed by atoms with van der Waals surface area (Å²) in [6.45, 7) is 5.26. The van der Waals surface area contributed by atoms with Crippen molar-refractivity contribution in [2.75, 3.05) is 41.0 Å². The van der Waals surface area contributed by atoms with Gasteiger partial charge < -0.3 is 24.8 Å². The van der Waals surface area contributed by atoms with Crippen LogP contribution < -0.4 is 20.1 Å². The maximum atomic E-state index is 5.37. The van der Waals surface area contributed by atoms with Crippen molar-refractivity contribution < 1.29 is 14.2 Å². The fourth-order valence-electron chi connectivity index (χ4n) is 3.27. The van der Waals surface area contributed by atoms with Gasteiger partial charge in [0.05, 0.1) is 20.8 Å². The Morgan fingerprint density at radius 1 is 1.12 bits per heavy atom. The standard InChI is InChI=1S/C20H33N3O3/c1-5-21-19(23-15-20(9-6-10-20)11-12-24-2)22-14-16-7-8-17(25-3)18(13-16)26-4/h7-8,13H,5-6,9-12,14-15H2,1-4H3,(H2,21,22,23). The summed E-state index contributed by atoms with van der Waals surface area (Å²) in [7, 11) is 5.06. The zero-order valence-corrected chi connectivity index (χ0v) is 16.6. The minimum atomic E-state index is 0.357. The van der Waals surface area contributed by atoms with E-state index in [9.17, 15) is 0 Å². The van der Waals surface area contributed by atoms with E-state index in [-0.39, 0.29) is 0 Å². The van der Waals surface area contributed by atoms with Gasteiger partial charge in [-0.1, -0.05) is 12.5 Å². The number of nitrogens with zero attached hydrogens (tertiary/aromatic N) is 1. The number of guanidine groups is 1. The second-order valence-corrected chi connectivity index (χ2v) is 6.83. The second-order valence-electron chi connectivity index (χ2n) is 6.83. The molecule has 0 bridgehead atoms. The lowest BCUT2D eigenvalue weighted by Gasteiger charge is -2.42. The number of ether oxygens (including phenoxy) is 3. The maximum Gasteiger partial charge on any atom is 0.191 e. The summed E-state index contributed by atoms with van der Waals surface area (Å²) in [4.78, 5) is 4.72. The van der Waals surface area contributed by atoms with Crippen LogP contribution in [-0.2, 0) is 11.3 Å². The molecule has 0 radical (unpaired) electrons. The van der Waals surface area contributed by atoms with E-state index in [4.69, 9.17) is 19.2 Å². The first-order chi connectivity index (χ1) is 12.7. The first kappa shape index (κ1) is 20.4. The van der Waals surface area contributed by atoms with Gasteiger partial charge >= 0.3 is 0 Å². The average molecular weight is 364 g/mol. The molecule has 0 amide bonds. The largest absolute Gasteiger partial charge is 0.493 e. The van der Waals surface area contributed by atoms with Crippen molar-refractivity contribution in [3.63, 3.8) is 0 Å². The minimum Gasteiger partial charge on any atom is -0.493 e. The Kier molecular flexibility index (Phi) is 8.04. The highest BCUT2D eigenvalue weighted by molar-refractivity contribution is 5.79. The zero-order chi connectivity index (χ0) is 18.8. The van der Waals surface area contributed by atoms with Crippen LogP contribution in [0.3, 0.4) is 0 Å². The Balaban J connectivity index is 1.97. The second kappa shape index (κ2) is 10.3. The van der Waals surface area contributed by atoms with E-state index in [0.717, 1.165) is 49.1 Å². The summed E-state index contributed by atoms with van der Waals surface area (Å²) >= 11 is 0. The van der Waals surface area contributed by atoms with E-state index in [2.05, 4.69) is 17.6 Å². The molecule has 1 aromatic carbocycles. The van der Waals surface area contributed by atoms with Gasteiger partial charge in [-0.3, -0.25) is 0 Å². The molecular weight excluding hydrogens is 330 g/mol. The van der Waals surface area contributed by atoms with E-state index in [1.807, 2.05) is 18.2 Å². The lowest BCUT2D eigenvalue weighted by Crippen LogP contribution is -2.46. The first-order valence-corrected chi connectivity index (χ1v) is 9.38. The monoisotopic (exact) mass is 363 g/mol. The molecule has 0 heterocycles. The highest BCUT2D eigenvalue weighted by Crippen LogP contribution is 2.43. The van der Waals surface area contributed by atoms with Gasteiger partial charge in [0.1, 0.15) is 0 Å². The molecule has 0 saturated heterocycles. The van der Waals surface area contributed by atoms with Gasteiger partial charge in [0.25, 0.3) is 0 Å². The number of aliphatic imine (C=N–C) groups is 1. The number of nitrogens with one attached hydrogen (secondary N) is 2. The van der Waals surface area contributed by atoms with E-state index >= 15 is 0 Å². The molecule has 0 aromatic heterocycles. The molecule has 1 aliphatic carbocycles. The van der Waals surface area contributed by atoms with Crippen LogP contribution >= 0.6 is 0 Å². The molecule has 1 saturated carbocycles. The third-order valence-corrected chi connectivity index (χ3v) is 5.09. The number of hydrogen-bond donors (Lipinski definition) is 2. The predicted molar refractivity (Wildman–Crippen MR) is 105 cm³/mol. The molecule has 2 rings (SSSR count). The molecule has 1 aliphatic rings. The quantitative estimate of drug-likeness (QED) is 0.494. The van der Waals surface area contributed by atoms with Crippen LogP contribution in [0.5, 0.6) is 11.5 Å². The SMILES string of the molecule is CCNC(=NCc1ccc(OC)c(OC)c1)NCC1(CCOC)CCC1. The summed E-state index contributed by atoms with van der Waals surface area (Å²) in [6, 6.07) is 5.90. The van der Waals surface area contributed by atoms with Gasteiger partial charge in [0, 0.05) is 26.8 Å². The van der Waals surface area contributed by atoms with Crippen LogP contribution in [0, 0.1) is 5.41 Å². The van der Waals surface area contributed by atoms with Crippen molar-refractivity contribution >= 4 is 5.96 Å². The molecular formula is C20H33N3O3. The van der Waals surface area contributed by atoms with Crippen LogP contribution in [0.2, 0.25) is 0 Å². The summed E-state index contributed by atoms with van der Waals surface area (Å²) in [5.41, 5.74) is 1.44. The number of rotatable bonds is 10. The molecule has 1 aromatic rings. The summed E-state index contributed by atoms with van der Waals surface area (Å²) < 4.78 is 15.9. The highest BCUT2D eigenvalue weighted by atomic mass is 16.5. The van der Waals surface area contributed by atoms with E-state index in [1.165, 1.54) is 19.3 Å². The molecule has 0 aliphatic heterocycles. The first-order valence-electron chi connectivity index (χ1n) is 9.38. The Morgan fingerprint density at radius 2 is 1.88 bits per heavy atom. The minimum absolute atomic E-state index is 0.357. The van der Waals surface area contributed by atoms with E-state index in [1.54, 1.807) is 21.3 Å². The summed E-state index contributed by atoms with van der Waals surface area (Å²) in [6.07, 6.45) is 4.94. The molecule has 146 valence electrons. The molecule has 6 nitrogen and oxygen atoms in total. The fourth-order valence-corrected chi connectivity index (χ4v) is 3.27. The zero-order valence-electron chi connectivity index (χ0n) is 16.6. The van der Waals surface area contributed by atoms with Crippen LogP contribution in [-0.4, -0.2) is 47.0 Å². The predicted octanol–water partition coefficient (Wildman–Crippen LogP) is 2.97. The molecule has 2 N–H and O–H groups in total. The normalized spacial score (nSPS) is 15.9. The van der Waals surface area contributed by atoms with Gasteiger partial charge in [-0.25, -0.2) is 4.99 Å². The van der Waals surface area contributed by atoms with E-state index in [0.29, 0.717) is 12.0 Å². The number of benzene rings is 1.